The average molecular weight is 338 g/mol. The lowest BCUT2D eigenvalue weighted by Gasteiger charge is -2.23. The van der Waals surface area contributed by atoms with E-state index < -0.39 is 10.0 Å². The molecule has 0 aliphatic carbocycles. The van der Waals surface area contributed by atoms with Gasteiger partial charge in [0.05, 0.1) is 5.56 Å². The monoisotopic (exact) mass is 337 g/mol. The molecule has 0 unspecified atom stereocenters. The molecule has 0 aromatic carbocycles. The highest BCUT2D eigenvalue weighted by Crippen LogP contribution is 2.19. The van der Waals surface area contributed by atoms with E-state index in [4.69, 9.17) is 4.42 Å². The van der Waals surface area contributed by atoms with E-state index >= 15 is 0 Å². The summed E-state index contributed by atoms with van der Waals surface area (Å²) in [5.74, 6) is -0.0161. The topological polar surface area (TPSA) is 100 Å². The molecule has 0 bridgehead atoms. The molecule has 1 aliphatic rings. The van der Waals surface area contributed by atoms with Gasteiger partial charge in [-0.05, 0) is 33.4 Å². The second-order valence-electron chi connectivity index (χ2n) is 4.76. The molecule has 2 heterocycles. The van der Waals surface area contributed by atoms with E-state index in [1.165, 1.54) is 13.1 Å². The highest BCUT2D eigenvalue weighted by atomic mass is 35.5. The van der Waals surface area contributed by atoms with Crippen molar-refractivity contribution >= 4 is 28.3 Å². The second kappa shape index (κ2) is 7.26. The number of carbonyl (C=O) groups excluding carboxylic acids is 1. The number of hydrogen-bond donors (Lipinski definition) is 3. The van der Waals surface area contributed by atoms with E-state index in [2.05, 4.69) is 15.4 Å². The molecule has 1 aromatic heterocycles. The van der Waals surface area contributed by atoms with Crippen molar-refractivity contribution in [3.8, 4) is 0 Å². The van der Waals surface area contributed by atoms with Crippen LogP contribution in [0.1, 0.15) is 29.0 Å². The van der Waals surface area contributed by atoms with Crippen LogP contribution in [-0.4, -0.2) is 40.5 Å². The Hall–Kier alpha value is -1.09. The second-order valence-corrected chi connectivity index (χ2v) is 6.58. The highest BCUT2D eigenvalue weighted by molar-refractivity contribution is 7.89. The van der Waals surface area contributed by atoms with Crippen LogP contribution in [0.15, 0.2) is 15.6 Å². The zero-order valence-corrected chi connectivity index (χ0v) is 13.6. The largest absolute Gasteiger partial charge is 0.448 e. The molecule has 1 fully saturated rings. The quantitative estimate of drug-likeness (QED) is 0.738. The summed E-state index contributed by atoms with van der Waals surface area (Å²) >= 11 is 0. The lowest BCUT2D eigenvalue weighted by atomic mass is 10.1. The third-order valence-electron chi connectivity index (χ3n) is 3.31. The molecular formula is C12H20ClN3O4S. The number of furan rings is 1. The van der Waals surface area contributed by atoms with Gasteiger partial charge < -0.3 is 15.1 Å². The minimum atomic E-state index is -3.68. The molecular weight excluding hydrogens is 318 g/mol. The van der Waals surface area contributed by atoms with E-state index in [1.54, 1.807) is 6.92 Å². The molecule has 1 aromatic rings. The van der Waals surface area contributed by atoms with Gasteiger partial charge in [-0.1, -0.05) is 0 Å². The minimum Gasteiger partial charge on any atom is -0.448 e. The summed E-state index contributed by atoms with van der Waals surface area (Å²) in [5, 5.41) is 5.84. The van der Waals surface area contributed by atoms with Crippen molar-refractivity contribution in [2.24, 2.45) is 0 Å². The molecule has 3 N–H and O–H groups in total. The zero-order valence-electron chi connectivity index (χ0n) is 11.9. The SMILES string of the molecule is CNS(=O)(=O)c1cc(C(=O)N[C@H]2CCCNC2)c(C)o1.Cl. The minimum absolute atomic E-state index is 0. The molecule has 9 heteroatoms. The van der Waals surface area contributed by atoms with Gasteiger partial charge in [0.1, 0.15) is 5.76 Å². The van der Waals surface area contributed by atoms with Crippen molar-refractivity contribution < 1.29 is 17.6 Å². The normalized spacial score (nSPS) is 18.9. The van der Waals surface area contributed by atoms with Crippen molar-refractivity contribution in [3.05, 3.63) is 17.4 Å². The summed E-state index contributed by atoms with van der Waals surface area (Å²) in [6, 6.07) is 1.32. The van der Waals surface area contributed by atoms with Crippen LogP contribution in [0.2, 0.25) is 0 Å². The van der Waals surface area contributed by atoms with Crippen molar-refractivity contribution in [3.63, 3.8) is 0 Å². The number of halogens is 1. The Morgan fingerprint density at radius 2 is 2.19 bits per heavy atom. The first-order valence-corrected chi connectivity index (χ1v) is 7.98. The van der Waals surface area contributed by atoms with Gasteiger partial charge in [0.15, 0.2) is 0 Å². The molecule has 1 saturated heterocycles. The predicted molar refractivity (Wildman–Crippen MR) is 80.3 cm³/mol. The summed E-state index contributed by atoms with van der Waals surface area (Å²) in [7, 11) is -2.38. The molecule has 2 rings (SSSR count). The van der Waals surface area contributed by atoms with Crippen LogP contribution < -0.4 is 15.4 Å². The maximum Gasteiger partial charge on any atom is 0.273 e. The van der Waals surface area contributed by atoms with E-state index in [0.29, 0.717) is 5.76 Å². The van der Waals surface area contributed by atoms with Gasteiger partial charge in [0.2, 0.25) is 5.09 Å². The van der Waals surface area contributed by atoms with Gasteiger partial charge >= 0.3 is 0 Å². The third kappa shape index (κ3) is 4.19. The Bertz CT molecular complexity index is 594. The van der Waals surface area contributed by atoms with Crippen molar-refractivity contribution in [1.29, 1.82) is 0 Å². The molecule has 0 spiro atoms. The zero-order chi connectivity index (χ0) is 14.8. The van der Waals surface area contributed by atoms with E-state index in [-0.39, 0.29) is 35.0 Å². The number of piperidine rings is 1. The first kappa shape index (κ1) is 18.0. The van der Waals surface area contributed by atoms with Gasteiger partial charge in [-0.2, -0.15) is 0 Å². The lowest BCUT2D eigenvalue weighted by molar-refractivity contribution is 0.0929. The lowest BCUT2D eigenvalue weighted by Crippen LogP contribution is -2.45. The van der Waals surface area contributed by atoms with Gasteiger partial charge in [-0.15, -0.1) is 12.4 Å². The molecule has 0 saturated carbocycles. The van der Waals surface area contributed by atoms with Crippen LogP contribution in [0.3, 0.4) is 0 Å². The fourth-order valence-corrected chi connectivity index (χ4v) is 2.86. The van der Waals surface area contributed by atoms with Crippen molar-refractivity contribution in [2.75, 3.05) is 20.1 Å². The van der Waals surface area contributed by atoms with Crippen molar-refractivity contribution in [1.82, 2.24) is 15.4 Å². The summed E-state index contributed by atoms with van der Waals surface area (Å²) in [4.78, 5) is 12.1. The Morgan fingerprint density at radius 3 is 2.76 bits per heavy atom. The average Bonchev–Trinajstić information content (AvgIpc) is 2.83. The number of rotatable bonds is 4. The molecule has 7 nitrogen and oxygen atoms in total. The highest BCUT2D eigenvalue weighted by Gasteiger charge is 2.24. The van der Waals surface area contributed by atoms with Crippen LogP contribution in [0.5, 0.6) is 0 Å². The first-order chi connectivity index (χ1) is 9.44. The van der Waals surface area contributed by atoms with Gasteiger partial charge in [-0.25, -0.2) is 13.1 Å². The summed E-state index contributed by atoms with van der Waals surface area (Å²) < 4.78 is 30.6. The molecule has 21 heavy (non-hydrogen) atoms. The van der Waals surface area contributed by atoms with E-state index in [1.807, 2.05) is 0 Å². The maximum absolute atomic E-state index is 12.1. The van der Waals surface area contributed by atoms with Gasteiger partial charge in [-0.3, -0.25) is 4.79 Å². The molecule has 1 aliphatic heterocycles. The molecule has 120 valence electrons. The maximum atomic E-state index is 12.1. The summed E-state index contributed by atoms with van der Waals surface area (Å²) in [6.45, 7) is 3.26. The van der Waals surface area contributed by atoms with E-state index in [0.717, 1.165) is 25.9 Å². The number of amides is 1. The van der Waals surface area contributed by atoms with Crippen molar-refractivity contribution in [2.45, 2.75) is 30.9 Å². The number of carbonyl (C=O) groups is 1. The fraction of sp³-hybridized carbons (Fsp3) is 0.583. The van der Waals surface area contributed by atoms with Crippen LogP contribution in [0.25, 0.3) is 0 Å². The number of sulfonamides is 1. The number of hydrogen-bond acceptors (Lipinski definition) is 5. The Labute approximate surface area is 130 Å². The molecule has 0 radical (unpaired) electrons. The standard InChI is InChI=1S/C12H19N3O4S.ClH/c1-8-10(6-11(19-8)20(17,18)13-2)12(16)15-9-4-3-5-14-7-9;/h6,9,13-14H,3-5,7H2,1-2H3,(H,15,16);1H/t9-;/m0./s1. The van der Waals surface area contributed by atoms with Crippen LogP contribution in [0.4, 0.5) is 0 Å². The van der Waals surface area contributed by atoms with Crippen LogP contribution >= 0.6 is 12.4 Å². The molecule has 1 amide bonds. The molecule has 1 atom stereocenters. The predicted octanol–water partition coefficient (Wildman–Crippen LogP) is 0.400. The summed E-state index contributed by atoms with van der Waals surface area (Å²) in [5.41, 5.74) is 0.254. The van der Waals surface area contributed by atoms with Gasteiger partial charge in [0.25, 0.3) is 15.9 Å². The van der Waals surface area contributed by atoms with E-state index in [9.17, 15) is 13.2 Å². The van der Waals surface area contributed by atoms with Crippen LogP contribution in [0, 0.1) is 6.92 Å². The Morgan fingerprint density at radius 1 is 1.48 bits per heavy atom. The van der Waals surface area contributed by atoms with Crippen LogP contribution in [-0.2, 0) is 10.0 Å². The number of aryl methyl sites for hydroxylation is 1. The Balaban J connectivity index is 0.00000220. The Kier molecular flexibility index (Phi) is 6.21. The third-order valence-corrected chi connectivity index (χ3v) is 4.57. The summed E-state index contributed by atoms with van der Waals surface area (Å²) in [6.07, 6.45) is 1.92. The number of nitrogens with one attached hydrogen (secondary N) is 3. The van der Waals surface area contributed by atoms with Gasteiger partial charge in [0, 0.05) is 18.7 Å². The smallest absolute Gasteiger partial charge is 0.273 e. The first-order valence-electron chi connectivity index (χ1n) is 6.49. The fourth-order valence-electron chi connectivity index (χ4n) is 2.15.